The van der Waals surface area contributed by atoms with E-state index in [2.05, 4.69) is 10.5 Å². The summed E-state index contributed by atoms with van der Waals surface area (Å²) in [4.78, 5) is 12.1. The first kappa shape index (κ1) is 21.4. The zero-order valence-electron chi connectivity index (χ0n) is 16.2. The lowest BCUT2D eigenvalue weighted by Gasteiger charge is -2.17. The van der Waals surface area contributed by atoms with Crippen LogP contribution >= 0.6 is 0 Å². The number of sulfonamides is 1. The third-order valence-electron chi connectivity index (χ3n) is 3.94. The highest BCUT2D eigenvalue weighted by molar-refractivity contribution is 7.89. The van der Waals surface area contributed by atoms with Crippen molar-refractivity contribution >= 4 is 22.1 Å². The van der Waals surface area contributed by atoms with Crippen LogP contribution in [-0.4, -0.2) is 52.7 Å². The lowest BCUT2D eigenvalue weighted by Crippen LogP contribution is -2.36. The Morgan fingerprint density at radius 3 is 2.57 bits per heavy atom. The van der Waals surface area contributed by atoms with Gasteiger partial charge in [0.1, 0.15) is 11.5 Å². The number of likely N-dealkylation sites (N-methyl/N-ethyl adjacent to an activating group) is 1. The molecule has 8 nitrogen and oxygen atoms in total. The van der Waals surface area contributed by atoms with Crippen molar-refractivity contribution in [3.63, 3.8) is 0 Å². The van der Waals surface area contributed by atoms with Crippen LogP contribution in [0.1, 0.15) is 11.1 Å². The van der Waals surface area contributed by atoms with Crippen LogP contribution in [-0.2, 0) is 14.8 Å². The van der Waals surface area contributed by atoms with Gasteiger partial charge in [-0.1, -0.05) is 12.1 Å². The van der Waals surface area contributed by atoms with Crippen LogP contribution < -0.4 is 14.9 Å². The summed E-state index contributed by atoms with van der Waals surface area (Å²) in [5.74, 6) is 0.692. The first-order valence-corrected chi connectivity index (χ1v) is 9.79. The molecule has 150 valence electrons. The van der Waals surface area contributed by atoms with Gasteiger partial charge in [0.25, 0.3) is 5.91 Å². The molecule has 28 heavy (non-hydrogen) atoms. The third kappa shape index (κ3) is 5.30. The molecular weight excluding hydrogens is 382 g/mol. The monoisotopic (exact) mass is 405 g/mol. The third-order valence-corrected chi connectivity index (χ3v) is 5.74. The van der Waals surface area contributed by atoms with Gasteiger partial charge in [0.15, 0.2) is 0 Å². The highest BCUT2D eigenvalue weighted by Crippen LogP contribution is 2.23. The van der Waals surface area contributed by atoms with Crippen molar-refractivity contribution in [3.8, 4) is 11.5 Å². The fraction of sp³-hybridized carbons (Fsp3) is 0.263. The smallest absolute Gasteiger partial charge is 0.255 e. The standard InChI is InChI=1S/C19H23N3O5S/c1-14-10-17(8-9-18(14)27-4)28(24,25)22(2)13-19(23)21-20-12-15-6-5-7-16(11-15)26-3/h5-12H,13H2,1-4H3,(H,21,23)/b20-12+. The number of aryl methyl sites for hydroxylation is 1. The van der Waals surface area contributed by atoms with E-state index in [0.717, 1.165) is 9.87 Å². The van der Waals surface area contributed by atoms with Gasteiger partial charge < -0.3 is 9.47 Å². The zero-order chi connectivity index (χ0) is 20.7. The minimum atomic E-state index is -3.82. The molecule has 9 heteroatoms. The van der Waals surface area contributed by atoms with Crippen molar-refractivity contribution in [1.82, 2.24) is 9.73 Å². The summed E-state index contributed by atoms with van der Waals surface area (Å²) in [5, 5.41) is 3.84. The van der Waals surface area contributed by atoms with Gasteiger partial charge >= 0.3 is 0 Å². The number of rotatable bonds is 8. The number of benzene rings is 2. The molecule has 0 spiro atoms. The van der Waals surface area contributed by atoms with E-state index < -0.39 is 15.9 Å². The Labute approximate surface area is 164 Å². The number of nitrogens with one attached hydrogen (secondary N) is 1. The molecule has 0 bridgehead atoms. The number of hydrogen-bond acceptors (Lipinski definition) is 6. The van der Waals surface area contributed by atoms with Crippen LogP contribution in [0, 0.1) is 6.92 Å². The summed E-state index contributed by atoms with van der Waals surface area (Å²) in [6.45, 7) is 1.38. The number of nitrogens with zero attached hydrogens (tertiary/aromatic N) is 2. The first-order chi connectivity index (χ1) is 13.3. The number of carbonyl (C=O) groups excluding carboxylic acids is 1. The number of carbonyl (C=O) groups is 1. The van der Waals surface area contributed by atoms with Gasteiger partial charge in [0, 0.05) is 7.05 Å². The highest BCUT2D eigenvalue weighted by Gasteiger charge is 2.23. The molecule has 2 rings (SSSR count). The van der Waals surface area contributed by atoms with Gasteiger partial charge in [0.05, 0.1) is 31.9 Å². The second kappa shape index (κ2) is 9.34. The maximum absolute atomic E-state index is 12.6. The van der Waals surface area contributed by atoms with Crippen LogP contribution in [0.3, 0.4) is 0 Å². The van der Waals surface area contributed by atoms with Gasteiger partial charge in [-0.2, -0.15) is 9.41 Å². The summed E-state index contributed by atoms with van der Waals surface area (Å²) in [5.41, 5.74) is 3.73. The molecule has 0 aliphatic rings. The number of hydrogen-bond donors (Lipinski definition) is 1. The molecule has 0 heterocycles. The van der Waals surface area contributed by atoms with Crippen molar-refractivity contribution in [2.24, 2.45) is 5.10 Å². The van der Waals surface area contributed by atoms with Gasteiger partial charge in [-0.25, -0.2) is 13.8 Å². The Bertz CT molecular complexity index is 973. The predicted molar refractivity (Wildman–Crippen MR) is 106 cm³/mol. The Morgan fingerprint density at radius 1 is 1.18 bits per heavy atom. The van der Waals surface area contributed by atoms with Crippen LogP contribution in [0.2, 0.25) is 0 Å². The molecular formula is C19H23N3O5S. The maximum atomic E-state index is 12.6. The molecule has 0 fully saturated rings. The van der Waals surface area contributed by atoms with E-state index in [4.69, 9.17) is 9.47 Å². The first-order valence-electron chi connectivity index (χ1n) is 8.35. The lowest BCUT2D eigenvalue weighted by atomic mass is 10.2. The number of ether oxygens (including phenoxy) is 2. The number of methoxy groups -OCH3 is 2. The van der Waals surface area contributed by atoms with Crippen molar-refractivity contribution in [1.29, 1.82) is 0 Å². The van der Waals surface area contributed by atoms with Crippen LogP contribution in [0.15, 0.2) is 52.5 Å². The quantitative estimate of drug-likeness (QED) is 0.533. The zero-order valence-corrected chi connectivity index (χ0v) is 17.0. The molecule has 0 unspecified atom stereocenters. The van der Waals surface area contributed by atoms with Gasteiger partial charge in [-0.3, -0.25) is 4.79 Å². The SMILES string of the molecule is COc1cccc(/C=N/NC(=O)CN(C)S(=O)(=O)c2ccc(OC)c(C)c2)c1. The van der Waals surface area contributed by atoms with Crippen LogP contribution in [0.25, 0.3) is 0 Å². The fourth-order valence-electron chi connectivity index (χ4n) is 2.41. The normalized spacial score (nSPS) is 11.6. The molecule has 0 atom stereocenters. The van der Waals surface area contributed by atoms with E-state index >= 15 is 0 Å². The predicted octanol–water partition coefficient (Wildman–Crippen LogP) is 1.78. The second-order valence-corrected chi connectivity index (χ2v) is 8.01. The van der Waals surface area contributed by atoms with E-state index in [1.165, 1.54) is 32.5 Å². The average Bonchev–Trinajstić information content (AvgIpc) is 2.67. The summed E-state index contributed by atoms with van der Waals surface area (Å²) < 4.78 is 36.5. The Hall–Kier alpha value is -2.91. The van der Waals surface area contributed by atoms with Gasteiger partial charge in [-0.05, 0) is 48.4 Å². The second-order valence-electron chi connectivity index (χ2n) is 5.96. The largest absolute Gasteiger partial charge is 0.497 e. The average molecular weight is 405 g/mol. The molecule has 0 saturated carbocycles. The molecule has 2 aromatic carbocycles. The van der Waals surface area contributed by atoms with Crippen molar-refractivity contribution in [2.45, 2.75) is 11.8 Å². The van der Waals surface area contributed by atoms with Crippen molar-refractivity contribution in [2.75, 3.05) is 27.8 Å². The number of amides is 1. The van der Waals surface area contributed by atoms with Gasteiger partial charge in [-0.15, -0.1) is 0 Å². The fourth-order valence-corrected chi connectivity index (χ4v) is 3.63. The molecule has 0 aromatic heterocycles. The van der Waals surface area contributed by atoms with E-state index in [1.54, 1.807) is 44.4 Å². The molecule has 0 saturated heterocycles. The molecule has 0 aliphatic heterocycles. The Morgan fingerprint density at radius 2 is 1.93 bits per heavy atom. The Balaban J connectivity index is 2.00. The van der Waals surface area contributed by atoms with Crippen LogP contribution in [0.5, 0.6) is 11.5 Å². The summed E-state index contributed by atoms with van der Waals surface area (Å²) in [6, 6.07) is 11.6. The summed E-state index contributed by atoms with van der Waals surface area (Å²) in [6.07, 6.45) is 1.45. The van der Waals surface area contributed by atoms with E-state index in [9.17, 15) is 13.2 Å². The van der Waals surface area contributed by atoms with Crippen LogP contribution in [0.4, 0.5) is 0 Å². The van der Waals surface area contributed by atoms with Crippen molar-refractivity contribution in [3.05, 3.63) is 53.6 Å². The molecule has 2 aromatic rings. The minimum Gasteiger partial charge on any atom is -0.497 e. The molecule has 0 aliphatic carbocycles. The van der Waals surface area contributed by atoms with E-state index in [0.29, 0.717) is 17.1 Å². The van der Waals surface area contributed by atoms with Gasteiger partial charge in [0.2, 0.25) is 10.0 Å². The topological polar surface area (TPSA) is 97.3 Å². The minimum absolute atomic E-state index is 0.0842. The molecule has 0 radical (unpaired) electrons. The summed E-state index contributed by atoms with van der Waals surface area (Å²) in [7, 11) is 0.581. The lowest BCUT2D eigenvalue weighted by molar-refractivity contribution is -0.121. The Kier molecular flexibility index (Phi) is 7.13. The number of hydrazone groups is 1. The molecule has 1 N–H and O–H groups in total. The highest BCUT2D eigenvalue weighted by atomic mass is 32.2. The molecule has 1 amide bonds. The van der Waals surface area contributed by atoms with Crippen molar-refractivity contribution < 1.29 is 22.7 Å². The maximum Gasteiger partial charge on any atom is 0.255 e. The van der Waals surface area contributed by atoms with E-state index in [-0.39, 0.29) is 11.4 Å². The van der Waals surface area contributed by atoms with E-state index in [1.807, 2.05) is 0 Å². The summed E-state index contributed by atoms with van der Waals surface area (Å²) >= 11 is 0.